The van der Waals surface area contributed by atoms with E-state index in [-0.39, 0.29) is 17.3 Å². The highest BCUT2D eigenvalue weighted by Gasteiger charge is 2.33. The maximum atomic E-state index is 14.0. The SMILES string of the molecule is CCNC(=O)[C@@H](CC)N(Cc1ccccc1C)C(=O)CN(c1ccc(CC)cc1)S(=O)(=O)c1ccccc1. The minimum absolute atomic E-state index is 0.0913. The molecule has 3 rings (SSSR count). The highest BCUT2D eigenvalue weighted by molar-refractivity contribution is 7.92. The molecule has 3 aromatic rings. The Morgan fingerprint density at radius 1 is 0.868 bits per heavy atom. The average molecular weight is 536 g/mol. The zero-order valence-corrected chi connectivity index (χ0v) is 23.4. The van der Waals surface area contributed by atoms with Gasteiger partial charge in [0.1, 0.15) is 12.6 Å². The summed E-state index contributed by atoms with van der Waals surface area (Å²) in [4.78, 5) is 28.6. The van der Waals surface area contributed by atoms with E-state index in [1.807, 2.05) is 64.1 Å². The smallest absolute Gasteiger partial charge is 0.264 e. The molecule has 0 saturated carbocycles. The number of anilines is 1. The van der Waals surface area contributed by atoms with E-state index in [0.29, 0.717) is 18.7 Å². The van der Waals surface area contributed by atoms with E-state index >= 15 is 0 Å². The predicted octanol–water partition coefficient (Wildman–Crippen LogP) is 4.70. The summed E-state index contributed by atoms with van der Waals surface area (Å²) >= 11 is 0. The maximum absolute atomic E-state index is 14.0. The number of carbonyl (C=O) groups is 2. The first-order valence-electron chi connectivity index (χ1n) is 13.0. The molecule has 0 aliphatic carbocycles. The number of benzene rings is 3. The standard InChI is InChI=1S/C30H37N3O4S/c1-5-24-17-19-26(20-18-24)33(38(36,37)27-15-9-8-10-16-27)22-29(34)32(28(6-2)30(35)31-7-3)21-25-14-12-11-13-23(25)4/h8-20,28H,5-7,21-22H2,1-4H3,(H,31,35)/t28-/m1/s1. The Labute approximate surface area is 226 Å². The summed E-state index contributed by atoms with van der Waals surface area (Å²) < 4.78 is 28.8. The number of sulfonamides is 1. The van der Waals surface area contributed by atoms with Gasteiger partial charge in [0.25, 0.3) is 10.0 Å². The van der Waals surface area contributed by atoms with E-state index in [4.69, 9.17) is 0 Å². The van der Waals surface area contributed by atoms with E-state index in [9.17, 15) is 18.0 Å². The van der Waals surface area contributed by atoms with Crippen LogP contribution in [0.4, 0.5) is 5.69 Å². The van der Waals surface area contributed by atoms with Crippen molar-refractivity contribution in [2.75, 3.05) is 17.4 Å². The van der Waals surface area contributed by atoms with Gasteiger partial charge in [0, 0.05) is 13.1 Å². The van der Waals surface area contributed by atoms with Gasteiger partial charge in [-0.15, -0.1) is 0 Å². The Morgan fingerprint density at radius 3 is 2.08 bits per heavy atom. The van der Waals surface area contributed by atoms with Crippen molar-refractivity contribution in [1.82, 2.24) is 10.2 Å². The molecule has 0 unspecified atom stereocenters. The fourth-order valence-electron chi connectivity index (χ4n) is 4.33. The fraction of sp³-hybridized carbons (Fsp3) is 0.333. The molecule has 0 radical (unpaired) electrons. The molecule has 0 heterocycles. The van der Waals surface area contributed by atoms with Crippen molar-refractivity contribution in [3.63, 3.8) is 0 Å². The van der Waals surface area contributed by atoms with E-state index < -0.39 is 28.5 Å². The minimum Gasteiger partial charge on any atom is -0.355 e. The first-order chi connectivity index (χ1) is 18.2. The molecular weight excluding hydrogens is 498 g/mol. The summed E-state index contributed by atoms with van der Waals surface area (Å²) in [5.41, 5.74) is 3.33. The normalized spacial score (nSPS) is 12.0. The van der Waals surface area contributed by atoms with Crippen LogP contribution in [0.5, 0.6) is 0 Å². The predicted molar refractivity (Wildman–Crippen MR) is 151 cm³/mol. The third-order valence-corrected chi connectivity index (χ3v) is 8.37. The first-order valence-corrected chi connectivity index (χ1v) is 14.4. The Morgan fingerprint density at radius 2 is 1.50 bits per heavy atom. The molecule has 1 atom stereocenters. The Hall–Kier alpha value is -3.65. The summed E-state index contributed by atoms with van der Waals surface area (Å²) in [6.45, 7) is 7.82. The Kier molecular flexibility index (Phi) is 10.1. The first kappa shape index (κ1) is 28.9. The van der Waals surface area contributed by atoms with Crippen LogP contribution in [0, 0.1) is 6.92 Å². The molecule has 0 aromatic heterocycles. The highest BCUT2D eigenvalue weighted by Crippen LogP contribution is 2.25. The molecule has 7 nitrogen and oxygen atoms in total. The van der Waals surface area contributed by atoms with Crippen molar-refractivity contribution < 1.29 is 18.0 Å². The molecule has 8 heteroatoms. The zero-order chi connectivity index (χ0) is 27.7. The molecule has 0 aliphatic heterocycles. The Bertz CT molecular complexity index is 1330. The topological polar surface area (TPSA) is 86.8 Å². The van der Waals surface area contributed by atoms with Gasteiger partial charge in [-0.3, -0.25) is 13.9 Å². The second-order valence-corrected chi connectivity index (χ2v) is 11.0. The second-order valence-electron chi connectivity index (χ2n) is 9.11. The maximum Gasteiger partial charge on any atom is 0.264 e. The lowest BCUT2D eigenvalue weighted by atomic mass is 10.1. The van der Waals surface area contributed by atoms with Gasteiger partial charge in [-0.2, -0.15) is 0 Å². The molecule has 2 amide bonds. The molecule has 3 aromatic carbocycles. The molecule has 0 bridgehead atoms. The van der Waals surface area contributed by atoms with Crippen molar-refractivity contribution in [1.29, 1.82) is 0 Å². The molecule has 0 aliphatic rings. The monoisotopic (exact) mass is 535 g/mol. The second kappa shape index (κ2) is 13.2. The third-order valence-electron chi connectivity index (χ3n) is 6.58. The lowest BCUT2D eigenvalue weighted by molar-refractivity contribution is -0.140. The fourth-order valence-corrected chi connectivity index (χ4v) is 5.76. The summed E-state index contributed by atoms with van der Waals surface area (Å²) in [6.07, 6.45) is 1.19. The largest absolute Gasteiger partial charge is 0.355 e. The lowest BCUT2D eigenvalue weighted by Crippen LogP contribution is -2.52. The number of carbonyl (C=O) groups excluding carboxylic acids is 2. The van der Waals surface area contributed by atoms with Gasteiger partial charge in [-0.25, -0.2) is 8.42 Å². The van der Waals surface area contributed by atoms with Gasteiger partial charge in [0.05, 0.1) is 10.6 Å². The third kappa shape index (κ3) is 6.81. The van der Waals surface area contributed by atoms with Gasteiger partial charge >= 0.3 is 0 Å². The number of amides is 2. The molecule has 0 saturated heterocycles. The van der Waals surface area contributed by atoms with Crippen molar-refractivity contribution in [2.24, 2.45) is 0 Å². The van der Waals surface area contributed by atoms with Crippen LogP contribution < -0.4 is 9.62 Å². The van der Waals surface area contributed by atoms with Crippen LogP contribution >= 0.6 is 0 Å². The van der Waals surface area contributed by atoms with Crippen LogP contribution in [0.3, 0.4) is 0 Å². The van der Waals surface area contributed by atoms with E-state index in [1.165, 1.54) is 17.0 Å². The van der Waals surface area contributed by atoms with Gasteiger partial charge in [0.15, 0.2) is 0 Å². The average Bonchev–Trinajstić information content (AvgIpc) is 2.93. The van der Waals surface area contributed by atoms with Crippen LogP contribution in [-0.2, 0) is 32.6 Å². The van der Waals surface area contributed by atoms with Gasteiger partial charge in [0.2, 0.25) is 11.8 Å². The summed E-state index contributed by atoms with van der Waals surface area (Å²) in [5.74, 6) is -0.716. The quantitative estimate of drug-likeness (QED) is 0.364. The summed E-state index contributed by atoms with van der Waals surface area (Å²) in [7, 11) is -4.06. The molecule has 0 spiro atoms. The minimum atomic E-state index is -4.06. The van der Waals surface area contributed by atoms with Crippen LogP contribution in [0.1, 0.15) is 43.9 Å². The number of likely N-dealkylation sites (N-methyl/N-ethyl adjacent to an activating group) is 1. The number of nitrogens with one attached hydrogen (secondary N) is 1. The molecule has 1 N–H and O–H groups in total. The van der Waals surface area contributed by atoms with Crippen molar-refractivity contribution >= 4 is 27.5 Å². The number of hydrogen-bond acceptors (Lipinski definition) is 4. The van der Waals surface area contributed by atoms with Crippen LogP contribution in [0.25, 0.3) is 0 Å². The number of aryl methyl sites for hydroxylation is 2. The van der Waals surface area contributed by atoms with Gasteiger partial charge < -0.3 is 10.2 Å². The number of hydrogen-bond donors (Lipinski definition) is 1. The van der Waals surface area contributed by atoms with Crippen molar-refractivity contribution in [2.45, 2.75) is 58.0 Å². The zero-order valence-electron chi connectivity index (χ0n) is 22.6. The van der Waals surface area contributed by atoms with Gasteiger partial charge in [-0.05, 0) is 67.6 Å². The molecule has 202 valence electrons. The van der Waals surface area contributed by atoms with E-state index in [2.05, 4.69) is 5.32 Å². The highest BCUT2D eigenvalue weighted by atomic mass is 32.2. The van der Waals surface area contributed by atoms with Crippen LogP contribution in [-0.4, -0.2) is 44.3 Å². The molecule has 0 fully saturated rings. The number of rotatable bonds is 12. The van der Waals surface area contributed by atoms with E-state index in [1.54, 1.807) is 30.3 Å². The lowest BCUT2D eigenvalue weighted by Gasteiger charge is -2.33. The summed E-state index contributed by atoms with van der Waals surface area (Å²) in [6, 6.07) is 22.2. The number of nitrogens with zero attached hydrogens (tertiary/aromatic N) is 2. The molecular formula is C30H37N3O4S. The van der Waals surface area contributed by atoms with Crippen LogP contribution in [0.15, 0.2) is 83.8 Å². The molecule has 38 heavy (non-hydrogen) atoms. The Balaban J connectivity index is 2.06. The van der Waals surface area contributed by atoms with Crippen molar-refractivity contribution in [3.05, 3.63) is 95.6 Å². The summed E-state index contributed by atoms with van der Waals surface area (Å²) in [5, 5.41) is 2.82. The van der Waals surface area contributed by atoms with Gasteiger partial charge in [-0.1, -0.05) is 68.4 Å². The van der Waals surface area contributed by atoms with E-state index in [0.717, 1.165) is 27.4 Å². The van der Waals surface area contributed by atoms with Crippen LogP contribution in [0.2, 0.25) is 0 Å². The van der Waals surface area contributed by atoms with Crippen molar-refractivity contribution in [3.8, 4) is 0 Å².